The molecule has 33 heavy (non-hydrogen) atoms. The summed E-state index contributed by atoms with van der Waals surface area (Å²) in [6.45, 7) is 1.88. The molecule has 0 unspecified atom stereocenters. The van der Waals surface area contributed by atoms with Crippen LogP contribution >= 0.6 is 9.69 Å². The van der Waals surface area contributed by atoms with Gasteiger partial charge < -0.3 is 25.2 Å². The first-order valence-corrected chi connectivity index (χ1v) is 14.7. The second-order valence-corrected chi connectivity index (χ2v) is 7.46. The van der Waals surface area contributed by atoms with Crippen molar-refractivity contribution in [3.05, 3.63) is 120 Å². The third-order valence-electron chi connectivity index (χ3n) is 5.11. The van der Waals surface area contributed by atoms with Crippen LogP contribution < -0.4 is 0 Å². The van der Waals surface area contributed by atoms with Crippen molar-refractivity contribution in [1.29, 1.82) is 0 Å². The van der Waals surface area contributed by atoms with Gasteiger partial charge in [-0.05, 0) is 16.7 Å². The Morgan fingerprint density at radius 2 is 1.18 bits per heavy atom. The van der Waals surface area contributed by atoms with Crippen molar-refractivity contribution in [1.82, 2.24) is 0 Å². The summed E-state index contributed by atoms with van der Waals surface area (Å²) in [5.41, 5.74) is 3.34. The molecule has 6 heteroatoms. The fourth-order valence-corrected chi connectivity index (χ4v) is 3.44. The van der Waals surface area contributed by atoms with E-state index in [0.717, 1.165) is 34.0 Å². The maximum atomic E-state index is 6.28. The minimum absolute atomic E-state index is 0.275. The second kappa shape index (κ2) is 15.0. The Morgan fingerprint density at radius 3 is 1.73 bits per heavy atom. The van der Waals surface area contributed by atoms with E-state index in [1.54, 1.807) is 6.08 Å². The van der Waals surface area contributed by atoms with Crippen LogP contribution in [0.4, 0.5) is 0 Å². The summed E-state index contributed by atoms with van der Waals surface area (Å²) in [5.74, 6) is 0. The van der Waals surface area contributed by atoms with E-state index in [9.17, 15) is 0 Å². The SMILES string of the molecule is [C-]1=C[C@@H](OCc2ccccc2)[C@H](OCc2ccccc2)[C@@H](COCc2ccccc2)O1.[Cl][Zn+]. The number of benzene rings is 3. The molecular weight excluding hydrogens is 489 g/mol. The number of rotatable bonds is 10. The number of ether oxygens (including phenoxy) is 4. The monoisotopic (exact) mass is 514 g/mol. The molecule has 1 aliphatic rings. The summed E-state index contributed by atoms with van der Waals surface area (Å²) in [6.07, 6.45) is 3.80. The van der Waals surface area contributed by atoms with Crippen molar-refractivity contribution in [2.75, 3.05) is 6.61 Å². The normalized spacial score (nSPS) is 19.3. The average molecular weight is 516 g/mol. The Kier molecular flexibility index (Phi) is 11.6. The summed E-state index contributed by atoms with van der Waals surface area (Å²) in [5, 5.41) is 0. The van der Waals surface area contributed by atoms with Crippen LogP contribution in [0.1, 0.15) is 16.7 Å². The van der Waals surface area contributed by atoms with Crippen LogP contribution in [-0.4, -0.2) is 24.9 Å². The fraction of sp³-hybridized carbons (Fsp3) is 0.259. The summed E-state index contributed by atoms with van der Waals surface area (Å²) < 4.78 is 24.2. The molecule has 1 heterocycles. The molecule has 168 valence electrons. The Labute approximate surface area is 210 Å². The molecule has 0 spiro atoms. The molecule has 0 saturated heterocycles. The van der Waals surface area contributed by atoms with Gasteiger partial charge in [-0.15, -0.1) is 0 Å². The van der Waals surface area contributed by atoms with Crippen molar-refractivity contribution >= 4 is 9.69 Å². The van der Waals surface area contributed by atoms with E-state index in [4.69, 9.17) is 28.6 Å². The predicted octanol–water partition coefficient (Wildman–Crippen LogP) is 5.78. The molecule has 0 bridgehead atoms. The quantitative estimate of drug-likeness (QED) is 0.253. The maximum absolute atomic E-state index is 6.28. The Morgan fingerprint density at radius 1 is 0.697 bits per heavy atom. The molecule has 0 fully saturated rings. The van der Waals surface area contributed by atoms with Crippen molar-refractivity contribution < 1.29 is 36.3 Å². The van der Waals surface area contributed by atoms with Gasteiger partial charge in [0.05, 0.1) is 32.5 Å². The van der Waals surface area contributed by atoms with Gasteiger partial charge in [0.2, 0.25) is 0 Å². The molecule has 0 amide bonds. The van der Waals surface area contributed by atoms with Crippen LogP contribution in [0.15, 0.2) is 97.1 Å². The predicted molar refractivity (Wildman–Crippen MR) is 125 cm³/mol. The zero-order valence-corrected chi connectivity index (χ0v) is 22.2. The molecule has 4 rings (SSSR count). The fourth-order valence-electron chi connectivity index (χ4n) is 3.44. The molecule has 0 aromatic heterocycles. The van der Waals surface area contributed by atoms with Gasteiger partial charge in [-0.25, -0.2) is 6.08 Å². The first-order chi connectivity index (χ1) is 16.4. The van der Waals surface area contributed by atoms with Gasteiger partial charge in [0, 0.05) is 0 Å². The van der Waals surface area contributed by atoms with Gasteiger partial charge >= 0.3 is 27.0 Å². The van der Waals surface area contributed by atoms with Crippen LogP contribution in [0.25, 0.3) is 0 Å². The van der Waals surface area contributed by atoms with Gasteiger partial charge in [-0.1, -0.05) is 91.0 Å². The van der Waals surface area contributed by atoms with E-state index in [0.29, 0.717) is 26.4 Å². The van der Waals surface area contributed by atoms with E-state index in [-0.39, 0.29) is 18.3 Å². The summed E-state index contributed by atoms with van der Waals surface area (Å²) >= 11 is 0.847. The van der Waals surface area contributed by atoms with E-state index < -0.39 is 0 Å². The van der Waals surface area contributed by atoms with Crippen LogP contribution in [0.5, 0.6) is 0 Å². The van der Waals surface area contributed by atoms with Crippen molar-refractivity contribution in [2.45, 2.75) is 38.1 Å². The molecule has 1 aliphatic heterocycles. The summed E-state index contributed by atoms with van der Waals surface area (Å²) in [4.78, 5) is 0. The van der Waals surface area contributed by atoms with Gasteiger partial charge in [0.25, 0.3) is 0 Å². The molecule has 3 atom stereocenters. The number of hydrogen-bond donors (Lipinski definition) is 0. The summed E-state index contributed by atoms with van der Waals surface area (Å²) in [6, 6.07) is 30.3. The molecule has 3 aromatic rings. The van der Waals surface area contributed by atoms with Crippen LogP contribution in [0.2, 0.25) is 0 Å². The first-order valence-electron chi connectivity index (χ1n) is 10.8. The van der Waals surface area contributed by atoms with Crippen molar-refractivity contribution in [3.63, 3.8) is 0 Å². The third-order valence-corrected chi connectivity index (χ3v) is 5.11. The van der Waals surface area contributed by atoms with Crippen LogP contribution in [0, 0.1) is 6.26 Å². The van der Waals surface area contributed by atoms with Gasteiger partial charge in [0.15, 0.2) is 0 Å². The second-order valence-electron chi connectivity index (χ2n) is 7.46. The standard InChI is InChI=1S/C27H27O4.ClH.Zn/c1-4-10-22(11-5-1)18-28-21-26-27(31-20-24-14-8-3-9-15-24)25(16-17-29-26)30-19-23-12-6-2-7-13-23;;/h1-16,25-27H,18-21H2;1H;/q-1;;+2/p-1/t25-,26-,27+;;/m1../s1. The molecule has 3 aromatic carbocycles. The average Bonchev–Trinajstić information content (AvgIpc) is 2.90. The molecule has 4 nitrogen and oxygen atoms in total. The van der Waals surface area contributed by atoms with Crippen LogP contribution in [-0.2, 0) is 56.1 Å². The van der Waals surface area contributed by atoms with Crippen LogP contribution in [0.3, 0.4) is 0 Å². The number of halogens is 1. The first kappa shape index (κ1) is 25.6. The molecular formula is C27H27ClO4Zn. The molecule has 0 radical (unpaired) electrons. The van der Waals surface area contributed by atoms with E-state index >= 15 is 0 Å². The third kappa shape index (κ3) is 8.69. The zero-order chi connectivity index (χ0) is 23.1. The zero-order valence-electron chi connectivity index (χ0n) is 18.5. The summed E-state index contributed by atoms with van der Waals surface area (Å²) in [7, 11) is 4.76. The molecule has 0 N–H and O–H groups in total. The van der Waals surface area contributed by atoms with Crippen molar-refractivity contribution in [3.8, 4) is 0 Å². The van der Waals surface area contributed by atoms with Gasteiger partial charge in [-0.2, -0.15) is 0 Å². The Hall–Kier alpha value is -2.01. The Bertz CT molecular complexity index is 925. The van der Waals surface area contributed by atoms with Gasteiger partial charge in [-0.3, -0.25) is 0 Å². The van der Waals surface area contributed by atoms with E-state index in [1.165, 1.54) is 0 Å². The Balaban J connectivity index is 0.00000149. The number of hydrogen-bond acceptors (Lipinski definition) is 4. The van der Waals surface area contributed by atoms with Crippen molar-refractivity contribution in [2.24, 2.45) is 0 Å². The topological polar surface area (TPSA) is 36.9 Å². The molecule has 0 saturated carbocycles. The molecule has 0 aliphatic carbocycles. The van der Waals surface area contributed by atoms with E-state index in [1.807, 2.05) is 91.0 Å². The van der Waals surface area contributed by atoms with Gasteiger partial charge in [0.1, 0.15) is 12.2 Å². The minimum atomic E-state index is -0.307. The van der Waals surface area contributed by atoms with E-state index in [2.05, 4.69) is 6.26 Å².